The van der Waals surface area contributed by atoms with Gasteiger partial charge in [0.25, 0.3) is 5.91 Å². The number of anilines is 1. The van der Waals surface area contributed by atoms with Crippen molar-refractivity contribution in [2.45, 2.75) is 6.92 Å². The summed E-state index contributed by atoms with van der Waals surface area (Å²) < 4.78 is 19.8. The first-order valence-electron chi connectivity index (χ1n) is 8.06. The molecule has 4 rings (SSSR count). The molecule has 136 valence electrons. The van der Waals surface area contributed by atoms with Crippen LogP contribution in [-0.2, 0) is 4.79 Å². The smallest absolute Gasteiger partial charge is 0.264 e. The molecule has 9 heteroatoms. The Morgan fingerprint density at radius 1 is 1.19 bits per heavy atom. The fourth-order valence-electron chi connectivity index (χ4n) is 2.49. The number of nitrogens with one attached hydrogen (secondary N) is 1. The third-order valence-electron chi connectivity index (χ3n) is 3.81. The molecule has 4 aromatic rings. The van der Waals surface area contributed by atoms with Gasteiger partial charge in [0.1, 0.15) is 11.6 Å². The first-order chi connectivity index (χ1) is 13.1. The molecule has 2 heterocycles. The Kier molecular flexibility index (Phi) is 4.51. The highest BCUT2D eigenvalue weighted by Crippen LogP contribution is 2.26. The van der Waals surface area contributed by atoms with Crippen molar-refractivity contribution in [2.75, 3.05) is 11.9 Å². The van der Waals surface area contributed by atoms with Crippen LogP contribution in [0.2, 0.25) is 0 Å². The van der Waals surface area contributed by atoms with Crippen molar-refractivity contribution in [3.8, 4) is 17.1 Å². The van der Waals surface area contributed by atoms with E-state index in [2.05, 4.69) is 20.6 Å². The predicted octanol–water partition coefficient (Wildman–Crippen LogP) is 3.32. The maximum atomic E-state index is 12.9. The van der Waals surface area contributed by atoms with Gasteiger partial charge in [0.15, 0.2) is 12.4 Å². The lowest BCUT2D eigenvalue weighted by Gasteiger charge is -2.05. The zero-order valence-corrected chi connectivity index (χ0v) is 15.0. The SMILES string of the molecule is Cc1ccccc1-c1nnc2sc(NC(=O)COc3ccc(F)cc3)nn12. The molecule has 0 spiro atoms. The Morgan fingerprint density at radius 2 is 1.96 bits per heavy atom. The molecule has 1 N–H and O–H groups in total. The quantitative estimate of drug-likeness (QED) is 0.572. The van der Waals surface area contributed by atoms with Crippen LogP contribution in [0.25, 0.3) is 16.3 Å². The highest BCUT2D eigenvalue weighted by molar-refractivity contribution is 7.20. The van der Waals surface area contributed by atoms with Crippen molar-refractivity contribution in [1.82, 2.24) is 19.8 Å². The topological polar surface area (TPSA) is 81.4 Å². The van der Waals surface area contributed by atoms with Crippen LogP contribution in [0.1, 0.15) is 5.56 Å². The molecule has 2 aromatic heterocycles. The van der Waals surface area contributed by atoms with E-state index in [0.29, 0.717) is 21.7 Å². The lowest BCUT2D eigenvalue weighted by molar-refractivity contribution is -0.118. The van der Waals surface area contributed by atoms with E-state index in [0.717, 1.165) is 11.1 Å². The summed E-state index contributed by atoms with van der Waals surface area (Å²) in [4.78, 5) is 12.6. The molecule has 1 amide bonds. The van der Waals surface area contributed by atoms with Gasteiger partial charge in [0.2, 0.25) is 10.1 Å². The number of hydrogen-bond acceptors (Lipinski definition) is 6. The molecule has 7 nitrogen and oxygen atoms in total. The average Bonchev–Trinajstić information content (AvgIpc) is 3.22. The zero-order chi connectivity index (χ0) is 18.8. The Bertz CT molecular complexity index is 1110. The summed E-state index contributed by atoms with van der Waals surface area (Å²) in [7, 11) is 0. The molecular formula is C18H14FN5O2S. The van der Waals surface area contributed by atoms with Crippen LogP contribution in [0.3, 0.4) is 0 Å². The van der Waals surface area contributed by atoms with E-state index < -0.39 is 0 Å². The van der Waals surface area contributed by atoms with Gasteiger partial charge in [-0.3, -0.25) is 10.1 Å². The van der Waals surface area contributed by atoms with Gasteiger partial charge < -0.3 is 4.74 Å². The maximum absolute atomic E-state index is 12.9. The number of benzene rings is 2. The first kappa shape index (κ1) is 17.1. The van der Waals surface area contributed by atoms with Gasteiger partial charge in [-0.05, 0) is 36.8 Å². The van der Waals surface area contributed by atoms with Gasteiger partial charge in [-0.1, -0.05) is 35.6 Å². The van der Waals surface area contributed by atoms with E-state index in [1.54, 1.807) is 4.52 Å². The van der Waals surface area contributed by atoms with Gasteiger partial charge >= 0.3 is 0 Å². The van der Waals surface area contributed by atoms with Crippen molar-refractivity contribution in [1.29, 1.82) is 0 Å². The Morgan fingerprint density at radius 3 is 2.74 bits per heavy atom. The summed E-state index contributed by atoms with van der Waals surface area (Å²) in [6.45, 7) is 1.77. The first-order valence-corrected chi connectivity index (χ1v) is 8.88. The van der Waals surface area contributed by atoms with Gasteiger partial charge in [0.05, 0.1) is 0 Å². The van der Waals surface area contributed by atoms with Crippen LogP contribution in [0.5, 0.6) is 5.75 Å². The Hall–Kier alpha value is -3.33. The van der Waals surface area contributed by atoms with Crippen LogP contribution < -0.4 is 10.1 Å². The number of carbonyl (C=O) groups excluding carboxylic acids is 1. The number of rotatable bonds is 5. The fraction of sp³-hybridized carbons (Fsp3) is 0.111. The second-order valence-corrected chi connectivity index (χ2v) is 6.69. The van der Waals surface area contributed by atoms with Crippen LogP contribution in [-0.4, -0.2) is 32.3 Å². The van der Waals surface area contributed by atoms with Crippen LogP contribution in [0.15, 0.2) is 48.5 Å². The normalized spacial score (nSPS) is 10.9. The van der Waals surface area contributed by atoms with Crippen LogP contribution >= 0.6 is 11.3 Å². The summed E-state index contributed by atoms with van der Waals surface area (Å²) in [6, 6.07) is 13.3. The minimum Gasteiger partial charge on any atom is -0.484 e. The number of nitrogens with zero attached hydrogens (tertiary/aromatic N) is 4. The molecule has 0 unspecified atom stereocenters. The number of carbonyl (C=O) groups is 1. The number of ether oxygens (including phenoxy) is 1. The molecule has 27 heavy (non-hydrogen) atoms. The zero-order valence-electron chi connectivity index (χ0n) is 14.2. The molecule has 0 saturated heterocycles. The van der Waals surface area contributed by atoms with E-state index in [-0.39, 0.29) is 18.3 Å². The fourth-order valence-corrected chi connectivity index (χ4v) is 3.25. The highest BCUT2D eigenvalue weighted by atomic mass is 32.1. The van der Waals surface area contributed by atoms with E-state index in [4.69, 9.17) is 4.74 Å². The Labute approximate surface area is 157 Å². The largest absolute Gasteiger partial charge is 0.484 e. The monoisotopic (exact) mass is 383 g/mol. The molecule has 2 aromatic carbocycles. The standard InChI is InChI=1S/C18H14FN5O2S/c1-11-4-2-3-5-14(11)16-21-22-18-24(16)23-17(27-18)20-15(25)10-26-13-8-6-12(19)7-9-13/h2-9H,10H2,1H3,(H,20,23,25). The lowest BCUT2D eigenvalue weighted by Crippen LogP contribution is -2.20. The van der Waals surface area contributed by atoms with Gasteiger partial charge in [0, 0.05) is 5.56 Å². The third-order valence-corrected chi connectivity index (χ3v) is 4.62. The molecule has 0 radical (unpaired) electrons. The van der Waals surface area contributed by atoms with Crippen molar-refractivity contribution in [2.24, 2.45) is 0 Å². The van der Waals surface area contributed by atoms with Crippen molar-refractivity contribution < 1.29 is 13.9 Å². The third kappa shape index (κ3) is 3.63. The molecule has 0 fully saturated rings. The highest BCUT2D eigenvalue weighted by Gasteiger charge is 2.16. The molecule has 0 atom stereocenters. The van der Waals surface area contributed by atoms with Crippen molar-refractivity contribution in [3.63, 3.8) is 0 Å². The van der Waals surface area contributed by atoms with E-state index in [1.807, 2.05) is 31.2 Å². The predicted molar refractivity (Wildman–Crippen MR) is 99.4 cm³/mol. The molecule has 0 aliphatic heterocycles. The second-order valence-electron chi connectivity index (χ2n) is 5.73. The van der Waals surface area contributed by atoms with Crippen molar-refractivity contribution >= 4 is 27.3 Å². The number of halogens is 1. The second kappa shape index (κ2) is 7.12. The van der Waals surface area contributed by atoms with Gasteiger partial charge in [-0.2, -0.15) is 4.52 Å². The summed E-state index contributed by atoms with van der Waals surface area (Å²) in [6.07, 6.45) is 0. The van der Waals surface area contributed by atoms with E-state index in [1.165, 1.54) is 35.6 Å². The minimum atomic E-state index is -0.373. The Balaban J connectivity index is 1.47. The minimum absolute atomic E-state index is 0.212. The number of fused-ring (bicyclic) bond motifs is 1. The number of aryl methyl sites for hydroxylation is 1. The van der Waals surface area contributed by atoms with Gasteiger partial charge in [-0.25, -0.2) is 4.39 Å². The number of aromatic nitrogens is 4. The summed E-state index contributed by atoms with van der Waals surface area (Å²) in [5.41, 5.74) is 1.98. The summed E-state index contributed by atoms with van der Waals surface area (Å²) >= 11 is 1.21. The number of amides is 1. The molecule has 0 saturated carbocycles. The molecule has 0 bridgehead atoms. The van der Waals surface area contributed by atoms with Crippen LogP contribution in [0, 0.1) is 12.7 Å². The maximum Gasteiger partial charge on any atom is 0.264 e. The molecule has 0 aliphatic rings. The van der Waals surface area contributed by atoms with Gasteiger partial charge in [-0.15, -0.1) is 15.3 Å². The summed E-state index contributed by atoms with van der Waals surface area (Å²) in [5.74, 6) is 0.284. The van der Waals surface area contributed by atoms with E-state index in [9.17, 15) is 9.18 Å². The molecular weight excluding hydrogens is 369 g/mol. The number of hydrogen-bond donors (Lipinski definition) is 1. The van der Waals surface area contributed by atoms with Crippen LogP contribution in [0.4, 0.5) is 9.52 Å². The lowest BCUT2D eigenvalue weighted by atomic mass is 10.1. The van der Waals surface area contributed by atoms with Crippen molar-refractivity contribution in [3.05, 3.63) is 59.9 Å². The summed E-state index contributed by atoms with van der Waals surface area (Å²) in [5, 5.41) is 15.7. The van der Waals surface area contributed by atoms with E-state index >= 15 is 0 Å². The average molecular weight is 383 g/mol. The molecule has 0 aliphatic carbocycles.